The lowest BCUT2D eigenvalue weighted by Gasteiger charge is -2.37. The van der Waals surface area contributed by atoms with Crippen LogP contribution in [0.1, 0.15) is 74.0 Å². The monoisotopic (exact) mass is 1140 g/mol. The van der Waals surface area contributed by atoms with Crippen LogP contribution in [0.5, 0.6) is 17.5 Å². The zero-order chi connectivity index (χ0) is 55.8. The number of aliphatic hydroxyl groups is 2. The highest BCUT2D eigenvalue weighted by Gasteiger charge is 2.64. The van der Waals surface area contributed by atoms with Crippen molar-refractivity contribution in [3.05, 3.63) is 106 Å². The number of aromatic nitrogens is 8. The Morgan fingerprint density at radius 2 is 1.85 bits per heavy atom. The van der Waals surface area contributed by atoms with E-state index in [1.54, 1.807) is 24.8 Å². The van der Waals surface area contributed by atoms with Gasteiger partial charge in [-0.2, -0.15) is 15.1 Å². The number of nitrogens with one attached hydrogen (secondary N) is 3. The van der Waals surface area contributed by atoms with Crippen LogP contribution in [0.4, 0.5) is 10.2 Å². The molecule has 2 unspecified atom stereocenters. The summed E-state index contributed by atoms with van der Waals surface area (Å²) >= 11 is 9.20. The molecule has 2 amide bonds. The van der Waals surface area contributed by atoms with Crippen LogP contribution in [0.25, 0.3) is 54.6 Å². The van der Waals surface area contributed by atoms with Crippen molar-refractivity contribution in [1.82, 2.24) is 55.7 Å². The summed E-state index contributed by atoms with van der Waals surface area (Å²) < 4.78 is 43.8. The first kappa shape index (κ1) is 53.0. The summed E-state index contributed by atoms with van der Waals surface area (Å²) in [5, 5.41) is 45.4. The van der Waals surface area contributed by atoms with Crippen LogP contribution >= 0.6 is 22.9 Å². The van der Waals surface area contributed by atoms with Gasteiger partial charge in [-0.15, -0.1) is 16.4 Å². The lowest BCUT2D eigenvalue weighted by molar-refractivity contribution is -0.142. The van der Waals surface area contributed by atoms with Crippen molar-refractivity contribution < 1.29 is 43.1 Å². The molecule has 5 aliphatic rings. The van der Waals surface area contributed by atoms with E-state index in [1.807, 2.05) is 69.3 Å². The molecule has 8 aromatic rings. The quantitative estimate of drug-likeness (QED) is 0.0671. The highest BCUT2D eigenvalue weighted by molar-refractivity contribution is 7.13. The van der Waals surface area contributed by atoms with Gasteiger partial charge in [-0.3, -0.25) is 14.7 Å². The molecule has 420 valence electrons. The van der Waals surface area contributed by atoms with E-state index in [2.05, 4.69) is 41.0 Å². The van der Waals surface area contributed by atoms with Gasteiger partial charge in [-0.05, 0) is 48.1 Å². The van der Waals surface area contributed by atoms with Gasteiger partial charge >= 0.3 is 6.01 Å². The van der Waals surface area contributed by atoms with Crippen LogP contribution in [-0.2, 0) is 20.9 Å². The molecule has 4 aromatic carbocycles. The number of likely N-dealkylation sites (tertiary alicyclic amines) is 1. The molecule has 0 bridgehead atoms. The SMILES string of the molecule is Cc1ncsc1-c1ccc([C@H](CO)NC(=O)[C@@H]2C[C@@H](O)CN2C(=O)[C@H](C(C)C)n2cc(-c3ccc(COc4c(-c5c(C)c(F)cc6[nH]ncc56)c(Cl)c5c6c(nc(OC7CCOCC7)nc46)N4CCNCC46CC6O5)cc3)nn2)cc1. The lowest BCUT2D eigenvalue weighted by atomic mass is 9.93. The van der Waals surface area contributed by atoms with Gasteiger partial charge in [0.15, 0.2) is 11.5 Å². The number of anilines is 1. The smallest absolute Gasteiger partial charge is 0.319 e. The number of thiazole rings is 1. The third-order valence-electron chi connectivity index (χ3n) is 16.6. The molecule has 20 nitrogen and oxygen atoms in total. The van der Waals surface area contributed by atoms with Crippen molar-refractivity contribution in [2.24, 2.45) is 5.92 Å². The molecule has 8 heterocycles. The number of nitrogens with zero attached hydrogens (tertiary/aromatic N) is 9. The number of β-amino-alcohol motifs (C(OH)–C–C–N with tert-alkyl or cyclic N) is 1. The molecule has 0 radical (unpaired) electrons. The molecule has 5 N–H and O–H groups in total. The van der Waals surface area contributed by atoms with Gasteiger partial charge in [0.25, 0.3) is 0 Å². The Hall–Kier alpha value is -7.34. The number of hydrogen-bond donors (Lipinski definition) is 5. The van der Waals surface area contributed by atoms with E-state index in [9.17, 15) is 19.8 Å². The second kappa shape index (κ2) is 21.2. The second-order valence-electron chi connectivity index (χ2n) is 22.0. The number of halogens is 2. The van der Waals surface area contributed by atoms with Gasteiger partial charge in [0.1, 0.15) is 53.7 Å². The molecule has 4 aliphatic heterocycles. The maximum Gasteiger partial charge on any atom is 0.319 e. The molecule has 13 rings (SSSR count). The van der Waals surface area contributed by atoms with Gasteiger partial charge < -0.3 is 49.6 Å². The highest BCUT2D eigenvalue weighted by atomic mass is 35.5. The Kier molecular flexibility index (Phi) is 13.9. The van der Waals surface area contributed by atoms with E-state index in [0.717, 1.165) is 34.7 Å². The minimum absolute atomic E-state index is 0.0309. The molecule has 81 heavy (non-hydrogen) atoms. The summed E-state index contributed by atoms with van der Waals surface area (Å²) in [6.07, 6.45) is 4.17. The van der Waals surface area contributed by atoms with Crippen molar-refractivity contribution >= 4 is 62.4 Å². The van der Waals surface area contributed by atoms with Crippen molar-refractivity contribution in [2.75, 3.05) is 50.9 Å². The standard InChI is InChI=1S/C58H60ClFN12O8S/c1-29(2)50(56(76)70-23-36(74)19-43(70)55(75)64-42(25-73)34-9-11-35(12-10-34)53-31(4)62-28-81-53)72-24-41(68-69-72)33-7-5-32(6-8-33)26-78-52-46(45-30(3)39(60)20-40-38(45)22-63-67-40)48(59)51-47-49(52)65-57(79-37-13-17-77-18-14-37)66-54(47)71-16-15-61-27-58(71)21-44(58)80-51/h5-12,20,22,24,28-29,36-37,42-44,50,61,73-74H,13-19,21,23,25-27H2,1-4H3,(H,63,67)(H,64,75)/t36-,42+,43+,44?,50+,58?/m1/s1. The zero-order valence-electron chi connectivity index (χ0n) is 45.0. The zero-order valence-corrected chi connectivity index (χ0v) is 46.6. The number of piperazine rings is 1. The van der Waals surface area contributed by atoms with E-state index in [1.165, 1.54) is 27.0 Å². The first-order valence-electron chi connectivity index (χ1n) is 27.4. The van der Waals surface area contributed by atoms with Gasteiger partial charge in [0, 0.05) is 73.9 Å². The molecular weight excluding hydrogens is 1080 g/mol. The number of hydrogen-bond acceptors (Lipinski definition) is 17. The number of fused-ring (bicyclic) bond motifs is 2. The predicted molar refractivity (Wildman–Crippen MR) is 301 cm³/mol. The number of H-pyrrole nitrogens is 1. The topological polar surface area (TPSA) is 240 Å². The number of carbonyl (C=O) groups is 2. The fourth-order valence-corrected chi connectivity index (χ4v) is 13.3. The Bertz CT molecular complexity index is 3720. The van der Waals surface area contributed by atoms with Crippen molar-refractivity contribution in [2.45, 2.75) is 102 Å². The third-order valence-corrected chi connectivity index (χ3v) is 17.9. The van der Waals surface area contributed by atoms with Gasteiger partial charge in [-0.25, -0.2) is 14.1 Å². The van der Waals surface area contributed by atoms with E-state index in [4.69, 9.17) is 40.5 Å². The summed E-state index contributed by atoms with van der Waals surface area (Å²) in [6, 6.07) is 14.1. The van der Waals surface area contributed by atoms with E-state index < -0.39 is 41.9 Å². The summed E-state index contributed by atoms with van der Waals surface area (Å²) in [7, 11) is 0. The summed E-state index contributed by atoms with van der Waals surface area (Å²) in [5.41, 5.74) is 8.08. The first-order valence-corrected chi connectivity index (χ1v) is 28.7. The molecule has 4 fully saturated rings. The number of rotatable bonds is 15. The van der Waals surface area contributed by atoms with Crippen molar-refractivity contribution in [3.63, 3.8) is 0 Å². The number of carbonyl (C=O) groups excluding carboxylic acids is 2. The Morgan fingerprint density at radius 3 is 2.60 bits per heavy atom. The summed E-state index contributed by atoms with van der Waals surface area (Å²) in [4.78, 5) is 48.0. The summed E-state index contributed by atoms with van der Waals surface area (Å²) in [5.74, 6) is -0.303. The lowest BCUT2D eigenvalue weighted by Crippen LogP contribution is -2.55. The van der Waals surface area contributed by atoms with Gasteiger partial charge in [0.05, 0.1) is 81.9 Å². The average molecular weight is 1140 g/mol. The molecule has 3 saturated heterocycles. The van der Waals surface area contributed by atoms with Crippen LogP contribution < -0.4 is 29.7 Å². The maximum atomic E-state index is 16.1. The molecule has 6 atom stereocenters. The number of aryl methyl sites for hydroxylation is 1. The van der Waals surface area contributed by atoms with Crippen LogP contribution in [0, 0.1) is 25.6 Å². The Balaban J connectivity index is 0.788. The highest BCUT2D eigenvalue weighted by Crippen LogP contribution is 2.59. The minimum Gasteiger partial charge on any atom is -0.486 e. The van der Waals surface area contributed by atoms with Crippen LogP contribution in [0.15, 0.2) is 72.5 Å². The Labute approximate surface area is 473 Å². The van der Waals surface area contributed by atoms with Crippen LogP contribution in [0.2, 0.25) is 5.02 Å². The maximum absolute atomic E-state index is 16.1. The number of benzene rings is 4. The second-order valence-corrected chi connectivity index (χ2v) is 23.3. The number of aliphatic hydroxyl groups excluding tert-OH is 2. The predicted octanol–water partition coefficient (Wildman–Crippen LogP) is 7.42. The number of ether oxygens (including phenoxy) is 4. The normalized spacial score (nSPS) is 21.4. The minimum atomic E-state index is -0.992. The fourth-order valence-electron chi connectivity index (χ4n) is 12.1. The number of amides is 2. The largest absolute Gasteiger partial charge is 0.486 e. The van der Waals surface area contributed by atoms with E-state index in [-0.39, 0.29) is 60.9 Å². The third kappa shape index (κ3) is 9.48. The molecule has 1 saturated carbocycles. The summed E-state index contributed by atoms with van der Waals surface area (Å²) in [6.45, 7) is 10.2. The first-order chi connectivity index (χ1) is 39.3. The van der Waals surface area contributed by atoms with Gasteiger partial charge in [-0.1, -0.05) is 79.2 Å². The van der Waals surface area contributed by atoms with Crippen LogP contribution in [-0.4, -0.2) is 143 Å². The van der Waals surface area contributed by atoms with E-state index >= 15 is 4.39 Å². The molecule has 4 aromatic heterocycles. The Morgan fingerprint density at radius 1 is 1.06 bits per heavy atom. The molecule has 23 heteroatoms. The molecule has 1 aliphatic carbocycles. The molecule has 1 spiro atoms. The number of aromatic amines is 1. The fraction of sp³-hybridized carbons (Fsp3) is 0.414. The molecular formula is C58H60ClFN12O8S. The van der Waals surface area contributed by atoms with Crippen molar-refractivity contribution in [1.29, 1.82) is 0 Å². The van der Waals surface area contributed by atoms with Gasteiger partial charge in [0.2, 0.25) is 11.8 Å². The average Bonchev–Trinajstić information content (AvgIpc) is 3.17. The van der Waals surface area contributed by atoms with Crippen LogP contribution in [0.3, 0.4) is 0 Å². The van der Waals surface area contributed by atoms with Crippen molar-refractivity contribution in [3.8, 4) is 50.3 Å². The van der Waals surface area contributed by atoms with E-state index in [0.29, 0.717) is 112 Å².